The molecule has 1 aromatic carbocycles. The maximum atomic E-state index is 10.6. The monoisotopic (exact) mass is 410 g/mol. The first-order valence-corrected chi connectivity index (χ1v) is 7.44. The zero-order chi connectivity index (χ0) is 14.0. The fourth-order valence-corrected chi connectivity index (χ4v) is 3.00. The third-order valence-corrected chi connectivity index (χ3v) is 4.02. The molecule has 0 amide bonds. The summed E-state index contributed by atoms with van der Waals surface area (Å²) in [6, 6.07) is 5.43. The summed E-state index contributed by atoms with van der Waals surface area (Å²) in [5, 5.41) is 17.2. The molecule has 2 rings (SSSR count). The van der Waals surface area contributed by atoms with Gasteiger partial charge in [0.2, 0.25) is 5.95 Å². The van der Waals surface area contributed by atoms with Gasteiger partial charge in [0, 0.05) is 3.57 Å². The molecule has 0 unspecified atom stereocenters. The highest BCUT2D eigenvalue weighted by Gasteiger charge is 2.15. The number of carboxylic acids is 1. The summed E-state index contributed by atoms with van der Waals surface area (Å²) < 4.78 is 2.52. The third-order valence-electron chi connectivity index (χ3n) is 2.13. The van der Waals surface area contributed by atoms with Gasteiger partial charge in [-0.2, -0.15) is 0 Å². The Morgan fingerprint density at radius 1 is 1.53 bits per heavy atom. The van der Waals surface area contributed by atoms with Gasteiger partial charge in [-0.3, -0.25) is 9.36 Å². The van der Waals surface area contributed by atoms with Crippen molar-refractivity contribution in [2.75, 3.05) is 11.5 Å². The zero-order valence-corrected chi connectivity index (χ0v) is 13.1. The van der Waals surface area contributed by atoms with Crippen LogP contribution >= 0.6 is 46.0 Å². The molecule has 3 N–H and O–H groups in total. The Kier molecular flexibility index (Phi) is 4.53. The molecule has 0 atom stereocenters. The van der Waals surface area contributed by atoms with Gasteiger partial charge < -0.3 is 10.8 Å². The molecule has 2 aromatic rings. The summed E-state index contributed by atoms with van der Waals surface area (Å²) in [6.45, 7) is 0. The number of aliphatic carboxylic acids is 1. The van der Waals surface area contributed by atoms with Crippen molar-refractivity contribution in [3.63, 3.8) is 0 Å². The van der Waals surface area contributed by atoms with Crippen molar-refractivity contribution in [3.05, 3.63) is 26.8 Å². The summed E-state index contributed by atoms with van der Waals surface area (Å²) in [7, 11) is 0. The smallest absolute Gasteiger partial charge is 0.313 e. The predicted octanol–water partition coefficient (Wildman–Crippen LogP) is 2.28. The predicted molar refractivity (Wildman–Crippen MR) is 81.9 cm³/mol. The Balaban J connectivity index is 2.43. The zero-order valence-electron chi connectivity index (χ0n) is 9.38. The van der Waals surface area contributed by atoms with Crippen molar-refractivity contribution in [1.29, 1.82) is 0 Å². The number of thioether (sulfide) groups is 1. The molecule has 19 heavy (non-hydrogen) atoms. The number of carboxylic acid groups (broad SMARTS) is 1. The molecular formula is C10H8ClIN4O2S. The third kappa shape index (κ3) is 3.31. The number of nitrogens with zero attached hydrogens (tertiary/aromatic N) is 3. The lowest BCUT2D eigenvalue weighted by atomic mass is 10.3. The molecule has 0 fully saturated rings. The summed E-state index contributed by atoms with van der Waals surface area (Å²) in [5.41, 5.74) is 6.38. The van der Waals surface area contributed by atoms with E-state index in [1.807, 2.05) is 6.07 Å². The highest BCUT2D eigenvalue weighted by molar-refractivity contribution is 14.1. The van der Waals surface area contributed by atoms with Crippen molar-refractivity contribution in [2.45, 2.75) is 5.16 Å². The van der Waals surface area contributed by atoms with E-state index in [4.69, 9.17) is 22.4 Å². The number of anilines is 1. The summed E-state index contributed by atoms with van der Waals surface area (Å²) in [4.78, 5) is 10.6. The van der Waals surface area contributed by atoms with Gasteiger partial charge >= 0.3 is 5.97 Å². The number of aromatic nitrogens is 3. The second-order valence-electron chi connectivity index (χ2n) is 3.45. The molecule has 0 saturated carbocycles. The molecule has 0 spiro atoms. The Labute approximate surface area is 131 Å². The Hall–Kier alpha value is -1.000. The Bertz CT molecular complexity index is 634. The van der Waals surface area contributed by atoms with Gasteiger partial charge in [-0.25, -0.2) is 0 Å². The van der Waals surface area contributed by atoms with Crippen molar-refractivity contribution >= 4 is 57.9 Å². The molecule has 100 valence electrons. The van der Waals surface area contributed by atoms with Crippen LogP contribution in [0, 0.1) is 3.57 Å². The van der Waals surface area contributed by atoms with E-state index in [1.165, 1.54) is 4.57 Å². The minimum atomic E-state index is -0.938. The highest BCUT2D eigenvalue weighted by atomic mass is 127. The molecule has 0 saturated heterocycles. The van der Waals surface area contributed by atoms with Gasteiger partial charge in [-0.1, -0.05) is 23.4 Å². The normalized spacial score (nSPS) is 10.6. The van der Waals surface area contributed by atoms with Crippen LogP contribution in [0.2, 0.25) is 5.02 Å². The van der Waals surface area contributed by atoms with E-state index in [0.717, 1.165) is 15.3 Å². The first-order chi connectivity index (χ1) is 8.99. The molecular weight excluding hydrogens is 403 g/mol. The van der Waals surface area contributed by atoms with Gasteiger partial charge in [0.05, 0.1) is 16.5 Å². The van der Waals surface area contributed by atoms with Crippen molar-refractivity contribution < 1.29 is 9.90 Å². The second kappa shape index (κ2) is 5.97. The number of hydrogen-bond donors (Lipinski definition) is 2. The van der Waals surface area contributed by atoms with E-state index < -0.39 is 5.97 Å². The van der Waals surface area contributed by atoms with Crippen LogP contribution < -0.4 is 5.73 Å². The maximum absolute atomic E-state index is 10.6. The van der Waals surface area contributed by atoms with Crippen molar-refractivity contribution in [1.82, 2.24) is 14.8 Å². The minimum absolute atomic E-state index is 0.125. The lowest BCUT2D eigenvalue weighted by Gasteiger charge is -2.09. The van der Waals surface area contributed by atoms with Gasteiger partial charge in [0.1, 0.15) is 0 Å². The molecule has 0 aliphatic carbocycles. The molecule has 1 aromatic heterocycles. The molecule has 1 heterocycles. The Morgan fingerprint density at radius 2 is 2.26 bits per heavy atom. The molecule has 0 radical (unpaired) electrons. The lowest BCUT2D eigenvalue weighted by molar-refractivity contribution is -0.133. The van der Waals surface area contributed by atoms with E-state index in [9.17, 15) is 4.79 Å². The number of carbonyl (C=O) groups is 1. The van der Waals surface area contributed by atoms with E-state index >= 15 is 0 Å². The van der Waals surface area contributed by atoms with Crippen LogP contribution in [0.15, 0.2) is 23.4 Å². The highest BCUT2D eigenvalue weighted by Crippen LogP contribution is 2.29. The summed E-state index contributed by atoms with van der Waals surface area (Å²) >= 11 is 9.34. The van der Waals surface area contributed by atoms with Crippen molar-refractivity contribution in [3.8, 4) is 5.69 Å². The molecule has 6 nitrogen and oxygen atoms in total. The topological polar surface area (TPSA) is 94.0 Å². The van der Waals surface area contributed by atoms with Crippen LogP contribution in [0.3, 0.4) is 0 Å². The fourth-order valence-electron chi connectivity index (χ4n) is 1.39. The SMILES string of the molecule is Nc1nnc(SCC(=O)O)n1-c1ccc(I)cc1Cl. The van der Waals surface area contributed by atoms with Gasteiger partial charge in [0.25, 0.3) is 0 Å². The number of nitrogens with two attached hydrogens (primary N) is 1. The van der Waals surface area contributed by atoms with Gasteiger partial charge in [-0.05, 0) is 40.8 Å². The summed E-state index contributed by atoms with van der Waals surface area (Å²) in [6.07, 6.45) is 0. The van der Waals surface area contributed by atoms with E-state index in [-0.39, 0.29) is 11.7 Å². The average molecular weight is 411 g/mol. The second-order valence-corrected chi connectivity index (χ2v) is 6.05. The largest absolute Gasteiger partial charge is 0.481 e. The van der Waals surface area contributed by atoms with Crippen LogP contribution in [0.4, 0.5) is 5.95 Å². The lowest BCUT2D eigenvalue weighted by Crippen LogP contribution is -2.05. The standard InChI is InChI=1S/C10H8ClIN4O2S/c11-6-3-5(12)1-2-7(6)16-9(13)14-15-10(16)19-4-8(17)18/h1-3H,4H2,(H2,13,14)(H,17,18). The van der Waals surface area contributed by atoms with Gasteiger partial charge in [0.15, 0.2) is 5.16 Å². The van der Waals surface area contributed by atoms with Gasteiger partial charge in [-0.15, -0.1) is 10.2 Å². The van der Waals surface area contributed by atoms with Crippen LogP contribution in [-0.2, 0) is 4.79 Å². The molecule has 0 aliphatic heterocycles. The quantitative estimate of drug-likeness (QED) is 0.593. The summed E-state index contributed by atoms with van der Waals surface area (Å²) in [5.74, 6) is -0.900. The number of benzene rings is 1. The Morgan fingerprint density at radius 3 is 2.89 bits per heavy atom. The van der Waals surface area contributed by atoms with Crippen LogP contribution in [0.5, 0.6) is 0 Å². The van der Waals surface area contributed by atoms with Crippen molar-refractivity contribution in [2.24, 2.45) is 0 Å². The number of hydrogen-bond acceptors (Lipinski definition) is 5. The fraction of sp³-hybridized carbons (Fsp3) is 0.100. The first kappa shape index (κ1) is 14.4. The van der Waals surface area contributed by atoms with E-state index in [1.54, 1.807) is 12.1 Å². The number of nitrogen functional groups attached to an aromatic ring is 1. The molecule has 0 bridgehead atoms. The van der Waals surface area contributed by atoms with Crippen LogP contribution in [0.1, 0.15) is 0 Å². The van der Waals surface area contributed by atoms with Crippen LogP contribution in [0.25, 0.3) is 5.69 Å². The number of rotatable bonds is 4. The van der Waals surface area contributed by atoms with Crippen LogP contribution in [-0.4, -0.2) is 31.6 Å². The number of halogens is 2. The van der Waals surface area contributed by atoms with E-state index in [2.05, 4.69) is 32.8 Å². The molecule has 9 heteroatoms. The first-order valence-electron chi connectivity index (χ1n) is 5.00. The maximum Gasteiger partial charge on any atom is 0.313 e. The molecule has 0 aliphatic rings. The van der Waals surface area contributed by atoms with E-state index in [0.29, 0.717) is 15.9 Å². The average Bonchev–Trinajstić information content (AvgIpc) is 2.68. The minimum Gasteiger partial charge on any atom is -0.481 e.